The topological polar surface area (TPSA) is 42.1 Å². The summed E-state index contributed by atoms with van der Waals surface area (Å²) in [4.78, 5) is 14.1. The third-order valence-corrected chi connectivity index (χ3v) is 1.84. The SMILES string of the molecule is O=c1cc[nH]c2c1CCCO2. The summed E-state index contributed by atoms with van der Waals surface area (Å²) in [6.45, 7) is 0.715. The fraction of sp³-hybridized carbons (Fsp3) is 0.375. The minimum Gasteiger partial charge on any atom is -0.479 e. The molecule has 0 aromatic carbocycles. The Kier molecular flexibility index (Phi) is 1.42. The van der Waals surface area contributed by atoms with Gasteiger partial charge in [-0.05, 0) is 12.8 Å². The average Bonchev–Trinajstić information content (AvgIpc) is 2.06. The monoisotopic (exact) mass is 151 g/mol. The molecule has 58 valence electrons. The van der Waals surface area contributed by atoms with Crippen molar-refractivity contribution in [1.29, 1.82) is 0 Å². The Bertz CT molecular complexity index is 316. The van der Waals surface area contributed by atoms with Crippen LogP contribution >= 0.6 is 0 Å². The summed E-state index contributed by atoms with van der Waals surface area (Å²) in [5.41, 5.74) is 0.872. The Morgan fingerprint density at radius 1 is 1.55 bits per heavy atom. The first-order valence-corrected chi connectivity index (χ1v) is 3.71. The molecule has 2 rings (SSSR count). The van der Waals surface area contributed by atoms with Gasteiger partial charge in [0.15, 0.2) is 11.3 Å². The van der Waals surface area contributed by atoms with Crippen LogP contribution in [0.15, 0.2) is 17.1 Å². The number of hydrogen-bond donors (Lipinski definition) is 1. The first kappa shape index (κ1) is 6.46. The van der Waals surface area contributed by atoms with Crippen molar-refractivity contribution in [3.8, 4) is 5.88 Å². The Balaban J connectivity index is 2.58. The van der Waals surface area contributed by atoms with E-state index < -0.39 is 0 Å². The second kappa shape index (κ2) is 2.42. The van der Waals surface area contributed by atoms with Gasteiger partial charge in [0.2, 0.25) is 0 Å². The summed E-state index contributed by atoms with van der Waals surface area (Å²) in [6.07, 6.45) is 3.40. The second-order valence-corrected chi connectivity index (χ2v) is 2.60. The summed E-state index contributed by atoms with van der Waals surface area (Å²) in [5.74, 6) is 0.656. The van der Waals surface area contributed by atoms with E-state index >= 15 is 0 Å². The minimum absolute atomic E-state index is 0.0819. The third-order valence-electron chi connectivity index (χ3n) is 1.84. The first-order chi connectivity index (χ1) is 5.38. The fourth-order valence-corrected chi connectivity index (χ4v) is 1.28. The summed E-state index contributed by atoms with van der Waals surface area (Å²) in [7, 11) is 0. The number of pyridine rings is 1. The number of aromatic amines is 1. The van der Waals surface area contributed by atoms with Crippen LogP contribution in [-0.2, 0) is 6.42 Å². The molecular weight excluding hydrogens is 142 g/mol. The van der Waals surface area contributed by atoms with Gasteiger partial charge in [0, 0.05) is 12.3 Å². The predicted molar refractivity (Wildman–Crippen MR) is 40.9 cm³/mol. The highest BCUT2D eigenvalue weighted by Gasteiger charge is 2.12. The molecule has 0 amide bonds. The van der Waals surface area contributed by atoms with Gasteiger partial charge in [-0.2, -0.15) is 0 Å². The molecule has 0 atom stereocenters. The summed E-state index contributed by atoms with van der Waals surface area (Å²) < 4.78 is 5.25. The van der Waals surface area contributed by atoms with Crippen molar-refractivity contribution in [2.45, 2.75) is 12.8 Å². The molecule has 1 aromatic rings. The molecule has 1 aromatic heterocycles. The molecule has 1 N–H and O–H groups in total. The van der Waals surface area contributed by atoms with Crippen LogP contribution in [0.2, 0.25) is 0 Å². The summed E-state index contributed by atoms with van der Waals surface area (Å²) >= 11 is 0. The van der Waals surface area contributed by atoms with Crippen LogP contribution in [-0.4, -0.2) is 11.6 Å². The predicted octanol–water partition coefficient (Wildman–Crippen LogP) is 0.700. The maximum Gasteiger partial charge on any atom is 0.197 e. The van der Waals surface area contributed by atoms with Gasteiger partial charge in [-0.3, -0.25) is 4.79 Å². The normalized spacial score (nSPS) is 15.3. The molecule has 0 unspecified atom stereocenters. The highest BCUT2D eigenvalue weighted by molar-refractivity contribution is 5.26. The van der Waals surface area contributed by atoms with Gasteiger partial charge in [-0.1, -0.05) is 0 Å². The Hall–Kier alpha value is -1.25. The van der Waals surface area contributed by atoms with Crippen molar-refractivity contribution in [2.75, 3.05) is 6.61 Å². The summed E-state index contributed by atoms with van der Waals surface area (Å²) in [5, 5.41) is 0. The summed E-state index contributed by atoms with van der Waals surface area (Å²) in [6, 6.07) is 1.54. The number of fused-ring (bicyclic) bond motifs is 1. The molecule has 0 saturated carbocycles. The van der Waals surface area contributed by atoms with Crippen LogP contribution in [0.5, 0.6) is 5.88 Å². The largest absolute Gasteiger partial charge is 0.479 e. The van der Waals surface area contributed by atoms with Crippen molar-refractivity contribution in [3.05, 3.63) is 28.0 Å². The molecule has 1 aliphatic heterocycles. The number of H-pyrrole nitrogens is 1. The molecule has 0 bridgehead atoms. The lowest BCUT2D eigenvalue weighted by molar-refractivity contribution is 0.275. The minimum atomic E-state index is 0.0819. The maximum absolute atomic E-state index is 11.2. The van der Waals surface area contributed by atoms with E-state index in [2.05, 4.69) is 4.98 Å². The van der Waals surface area contributed by atoms with Gasteiger partial charge in [0.05, 0.1) is 12.2 Å². The molecule has 3 heteroatoms. The zero-order chi connectivity index (χ0) is 7.68. The van der Waals surface area contributed by atoms with Crippen molar-refractivity contribution in [2.24, 2.45) is 0 Å². The number of ether oxygens (including phenoxy) is 1. The quantitative estimate of drug-likeness (QED) is 0.593. The van der Waals surface area contributed by atoms with Gasteiger partial charge >= 0.3 is 0 Å². The molecular formula is C8H9NO2. The van der Waals surface area contributed by atoms with E-state index in [9.17, 15) is 4.79 Å². The van der Waals surface area contributed by atoms with Gasteiger partial charge in [-0.15, -0.1) is 0 Å². The Morgan fingerprint density at radius 2 is 2.45 bits per heavy atom. The lowest BCUT2D eigenvalue weighted by Gasteiger charge is -2.14. The van der Waals surface area contributed by atoms with Gasteiger partial charge in [0.25, 0.3) is 0 Å². The van der Waals surface area contributed by atoms with E-state index in [1.807, 2.05) is 0 Å². The average molecular weight is 151 g/mol. The molecule has 0 fully saturated rings. The smallest absolute Gasteiger partial charge is 0.197 e. The molecule has 0 spiro atoms. The van der Waals surface area contributed by atoms with E-state index in [1.165, 1.54) is 6.07 Å². The first-order valence-electron chi connectivity index (χ1n) is 3.71. The number of nitrogens with one attached hydrogen (secondary N) is 1. The number of hydrogen-bond acceptors (Lipinski definition) is 2. The van der Waals surface area contributed by atoms with E-state index in [0.717, 1.165) is 18.4 Å². The lowest BCUT2D eigenvalue weighted by atomic mass is 10.1. The van der Waals surface area contributed by atoms with E-state index in [-0.39, 0.29) is 5.43 Å². The third kappa shape index (κ3) is 1.02. The van der Waals surface area contributed by atoms with Crippen LogP contribution in [0.25, 0.3) is 0 Å². The molecule has 1 aliphatic rings. The van der Waals surface area contributed by atoms with Crippen molar-refractivity contribution >= 4 is 0 Å². The maximum atomic E-state index is 11.2. The van der Waals surface area contributed by atoms with Crippen LogP contribution in [0.4, 0.5) is 0 Å². The molecule has 0 saturated heterocycles. The molecule has 3 nitrogen and oxygen atoms in total. The highest BCUT2D eigenvalue weighted by atomic mass is 16.5. The zero-order valence-corrected chi connectivity index (χ0v) is 6.09. The van der Waals surface area contributed by atoms with Gasteiger partial charge < -0.3 is 9.72 Å². The number of aromatic nitrogens is 1. The van der Waals surface area contributed by atoms with Crippen LogP contribution < -0.4 is 10.2 Å². The second-order valence-electron chi connectivity index (χ2n) is 2.60. The molecule has 0 radical (unpaired) electrons. The standard InChI is InChI=1S/C8H9NO2/c10-7-3-4-9-8-6(7)2-1-5-11-8/h3-4H,1-2,5H2,(H,9,10). The van der Waals surface area contributed by atoms with Crippen molar-refractivity contribution < 1.29 is 4.74 Å². The number of rotatable bonds is 0. The Morgan fingerprint density at radius 3 is 3.27 bits per heavy atom. The van der Waals surface area contributed by atoms with Crippen LogP contribution in [0.1, 0.15) is 12.0 Å². The lowest BCUT2D eigenvalue weighted by Crippen LogP contribution is -2.17. The zero-order valence-electron chi connectivity index (χ0n) is 6.09. The van der Waals surface area contributed by atoms with E-state index in [1.54, 1.807) is 6.20 Å². The van der Waals surface area contributed by atoms with E-state index in [4.69, 9.17) is 4.74 Å². The van der Waals surface area contributed by atoms with Gasteiger partial charge in [-0.25, -0.2) is 0 Å². The Labute approximate surface area is 64.0 Å². The van der Waals surface area contributed by atoms with Crippen LogP contribution in [0, 0.1) is 0 Å². The highest BCUT2D eigenvalue weighted by Crippen LogP contribution is 2.16. The van der Waals surface area contributed by atoms with Gasteiger partial charge in [0.1, 0.15) is 0 Å². The van der Waals surface area contributed by atoms with Crippen molar-refractivity contribution in [3.63, 3.8) is 0 Å². The van der Waals surface area contributed by atoms with Crippen molar-refractivity contribution in [1.82, 2.24) is 4.98 Å². The molecule has 0 aliphatic carbocycles. The molecule has 11 heavy (non-hydrogen) atoms. The molecule has 2 heterocycles. The van der Waals surface area contributed by atoms with E-state index in [0.29, 0.717) is 12.5 Å². The fourth-order valence-electron chi connectivity index (χ4n) is 1.28. The van der Waals surface area contributed by atoms with Crippen LogP contribution in [0.3, 0.4) is 0 Å².